The van der Waals surface area contributed by atoms with Crippen LogP contribution in [0.15, 0.2) is 42.6 Å². The second-order valence-electron chi connectivity index (χ2n) is 8.81. The second-order valence-corrected chi connectivity index (χ2v) is 8.81. The zero-order valence-electron chi connectivity index (χ0n) is 19.3. The molecule has 1 saturated carbocycles. The third kappa shape index (κ3) is 5.51. The monoisotopic (exact) mass is 476 g/mol. The Labute approximate surface area is 202 Å². The van der Waals surface area contributed by atoms with E-state index in [0.717, 1.165) is 42.4 Å². The standard InChI is InChI=1S/C24H28N8O3/c33-23(27-17-3-1-2-4-17)29-20-10-5-16-15-25-22(30-21(16)28-20)26-18-6-8-19(9-7-18)31-11-13-32(14-12-31)24(34)35/h5-10,15,17H,1-4,11-14H2,(H,34,35)(H3,25,26,27,28,29,30,33). The van der Waals surface area contributed by atoms with E-state index in [1.54, 1.807) is 12.3 Å². The van der Waals surface area contributed by atoms with E-state index >= 15 is 0 Å². The molecule has 0 bridgehead atoms. The first kappa shape index (κ1) is 22.6. The summed E-state index contributed by atoms with van der Waals surface area (Å²) in [5.41, 5.74) is 2.34. The van der Waals surface area contributed by atoms with Gasteiger partial charge < -0.3 is 25.5 Å². The van der Waals surface area contributed by atoms with Gasteiger partial charge in [-0.2, -0.15) is 4.98 Å². The lowest BCUT2D eigenvalue weighted by atomic mass is 10.2. The fourth-order valence-electron chi connectivity index (χ4n) is 4.49. The summed E-state index contributed by atoms with van der Waals surface area (Å²) >= 11 is 0. The van der Waals surface area contributed by atoms with Crippen LogP contribution in [0.3, 0.4) is 0 Å². The van der Waals surface area contributed by atoms with Crippen LogP contribution < -0.4 is 20.9 Å². The molecule has 11 nitrogen and oxygen atoms in total. The molecule has 1 aromatic carbocycles. The minimum absolute atomic E-state index is 0.231. The van der Waals surface area contributed by atoms with Crippen LogP contribution in [-0.4, -0.2) is 69.3 Å². The Morgan fingerprint density at radius 3 is 2.40 bits per heavy atom. The average Bonchev–Trinajstić information content (AvgIpc) is 3.37. The molecule has 2 aliphatic rings. The first-order valence-electron chi connectivity index (χ1n) is 11.8. The maximum atomic E-state index is 12.3. The molecular formula is C24H28N8O3. The number of hydrogen-bond donors (Lipinski definition) is 4. The lowest BCUT2D eigenvalue weighted by Crippen LogP contribution is -2.48. The van der Waals surface area contributed by atoms with Crippen molar-refractivity contribution in [3.63, 3.8) is 0 Å². The van der Waals surface area contributed by atoms with Gasteiger partial charge in [0.2, 0.25) is 5.95 Å². The van der Waals surface area contributed by atoms with Gasteiger partial charge in [0.25, 0.3) is 0 Å². The highest BCUT2D eigenvalue weighted by Gasteiger charge is 2.20. The quantitative estimate of drug-likeness (QED) is 0.438. The van der Waals surface area contributed by atoms with Gasteiger partial charge in [-0.1, -0.05) is 12.8 Å². The minimum Gasteiger partial charge on any atom is -0.465 e. The molecular weight excluding hydrogens is 448 g/mol. The molecule has 1 aliphatic heterocycles. The molecule has 4 N–H and O–H groups in total. The zero-order chi connectivity index (χ0) is 24.2. The van der Waals surface area contributed by atoms with E-state index in [2.05, 4.69) is 35.8 Å². The Bertz CT molecular complexity index is 1210. The Kier molecular flexibility index (Phi) is 6.47. The molecule has 1 aliphatic carbocycles. The van der Waals surface area contributed by atoms with E-state index in [1.807, 2.05) is 30.3 Å². The third-order valence-corrected chi connectivity index (χ3v) is 6.41. The van der Waals surface area contributed by atoms with E-state index in [9.17, 15) is 9.59 Å². The number of fused-ring (bicyclic) bond motifs is 1. The maximum Gasteiger partial charge on any atom is 0.407 e. The van der Waals surface area contributed by atoms with Gasteiger partial charge in [-0.3, -0.25) is 5.32 Å². The van der Waals surface area contributed by atoms with Gasteiger partial charge in [-0.25, -0.2) is 19.6 Å². The average molecular weight is 477 g/mol. The number of pyridine rings is 1. The largest absolute Gasteiger partial charge is 0.465 e. The number of piperazine rings is 1. The highest BCUT2D eigenvalue weighted by molar-refractivity contribution is 5.90. The predicted octanol–water partition coefficient (Wildman–Crippen LogP) is 3.63. The van der Waals surface area contributed by atoms with Crippen molar-refractivity contribution in [1.82, 2.24) is 25.2 Å². The number of carboxylic acid groups (broad SMARTS) is 1. The Hall–Kier alpha value is -4.15. The number of nitrogens with zero attached hydrogens (tertiary/aromatic N) is 5. The van der Waals surface area contributed by atoms with Crippen molar-refractivity contribution in [3.8, 4) is 0 Å². The lowest BCUT2D eigenvalue weighted by molar-refractivity contribution is 0.142. The summed E-state index contributed by atoms with van der Waals surface area (Å²) in [5.74, 6) is 0.838. The number of benzene rings is 1. The summed E-state index contributed by atoms with van der Waals surface area (Å²) in [5, 5.41) is 18.8. The van der Waals surface area contributed by atoms with Crippen molar-refractivity contribution < 1.29 is 14.7 Å². The van der Waals surface area contributed by atoms with Crippen LogP contribution in [0, 0.1) is 0 Å². The summed E-state index contributed by atoms with van der Waals surface area (Å²) in [6, 6.07) is 11.4. The Morgan fingerprint density at radius 1 is 0.943 bits per heavy atom. The van der Waals surface area contributed by atoms with Crippen LogP contribution in [0.5, 0.6) is 0 Å². The summed E-state index contributed by atoms with van der Waals surface area (Å²) in [6.45, 7) is 2.31. The molecule has 0 atom stereocenters. The third-order valence-electron chi connectivity index (χ3n) is 6.41. The van der Waals surface area contributed by atoms with Crippen LogP contribution >= 0.6 is 0 Å². The molecule has 2 aromatic heterocycles. The van der Waals surface area contributed by atoms with Crippen molar-refractivity contribution in [2.45, 2.75) is 31.7 Å². The van der Waals surface area contributed by atoms with E-state index in [-0.39, 0.29) is 12.1 Å². The van der Waals surface area contributed by atoms with E-state index in [4.69, 9.17) is 5.11 Å². The van der Waals surface area contributed by atoms with Gasteiger partial charge in [-0.15, -0.1) is 0 Å². The van der Waals surface area contributed by atoms with Crippen molar-refractivity contribution >= 4 is 46.3 Å². The Balaban J connectivity index is 1.22. The molecule has 0 radical (unpaired) electrons. The number of carbonyl (C=O) groups is 2. The van der Waals surface area contributed by atoms with Crippen molar-refractivity contribution in [2.24, 2.45) is 0 Å². The van der Waals surface area contributed by atoms with Gasteiger partial charge in [0.1, 0.15) is 5.82 Å². The van der Waals surface area contributed by atoms with Gasteiger partial charge in [0.15, 0.2) is 5.65 Å². The number of aromatic nitrogens is 3. The molecule has 0 spiro atoms. The minimum atomic E-state index is -0.871. The molecule has 3 heterocycles. The van der Waals surface area contributed by atoms with Crippen LogP contribution in [0.1, 0.15) is 25.7 Å². The number of urea groups is 1. The fourth-order valence-corrected chi connectivity index (χ4v) is 4.49. The van der Waals surface area contributed by atoms with Crippen LogP contribution in [0.25, 0.3) is 11.0 Å². The fraction of sp³-hybridized carbons (Fsp3) is 0.375. The van der Waals surface area contributed by atoms with Crippen LogP contribution in [-0.2, 0) is 0 Å². The second kappa shape index (κ2) is 10.00. The smallest absolute Gasteiger partial charge is 0.407 e. The molecule has 11 heteroatoms. The highest BCUT2D eigenvalue weighted by atomic mass is 16.4. The van der Waals surface area contributed by atoms with Gasteiger partial charge in [0, 0.05) is 55.2 Å². The normalized spacial score (nSPS) is 16.3. The molecule has 5 rings (SSSR count). The summed E-state index contributed by atoms with van der Waals surface area (Å²) < 4.78 is 0. The van der Waals surface area contributed by atoms with E-state index in [1.165, 1.54) is 4.90 Å². The number of nitrogens with one attached hydrogen (secondary N) is 3. The summed E-state index contributed by atoms with van der Waals surface area (Å²) in [7, 11) is 0. The SMILES string of the molecule is O=C(Nc1ccc2cnc(Nc3ccc(N4CCN(C(=O)O)CC4)cc3)nc2n1)NC1CCCC1. The first-order chi connectivity index (χ1) is 17.0. The highest BCUT2D eigenvalue weighted by Crippen LogP contribution is 2.22. The van der Waals surface area contributed by atoms with Crippen LogP contribution in [0.4, 0.5) is 32.7 Å². The summed E-state index contributed by atoms with van der Waals surface area (Å²) in [6.07, 6.45) is 5.16. The number of anilines is 4. The molecule has 35 heavy (non-hydrogen) atoms. The van der Waals surface area contributed by atoms with Gasteiger partial charge in [0.05, 0.1) is 0 Å². The van der Waals surface area contributed by atoms with E-state index in [0.29, 0.717) is 43.6 Å². The van der Waals surface area contributed by atoms with Gasteiger partial charge in [-0.05, 0) is 49.2 Å². The van der Waals surface area contributed by atoms with Gasteiger partial charge >= 0.3 is 12.1 Å². The number of carbonyl (C=O) groups excluding carboxylic acids is 1. The lowest BCUT2D eigenvalue weighted by Gasteiger charge is -2.34. The zero-order valence-corrected chi connectivity index (χ0v) is 19.3. The van der Waals surface area contributed by atoms with E-state index < -0.39 is 6.09 Å². The van der Waals surface area contributed by atoms with Crippen LogP contribution in [0.2, 0.25) is 0 Å². The van der Waals surface area contributed by atoms with Crippen molar-refractivity contribution in [1.29, 1.82) is 0 Å². The Morgan fingerprint density at radius 2 is 1.69 bits per heavy atom. The first-order valence-corrected chi connectivity index (χ1v) is 11.8. The maximum absolute atomic E-state index is 12.3. The molecule has 2 fully saturated rings. The topological polar surface area (TPSA) is 136 Å². The van der Waals surface area contributed by atoms with Crippen molar-refractivity contribution in [3.05, 3.63) is 42.6 Å². The number of amides is 3. The molecule has 3 aromatic rings. The number of hydrogen-bond acceptors (Lipinski definition) is 7. The molecule has 3 amide bonds. The number of rotatable bonds is 5. The molecule has 182 valence electrons. The summed E-state index contributed by atoms with van der Waals surface area (Å²) in [4.78, 5) is 40.3. The van der Waals surface area contributed by atoms with Crippen molar-refractivity contribution in [2.75, 3.05) is 41.7 Å². The predicted molar refractivity (Wildman–Crippen MR) is 133 cm³/mol. The molecule has 1 saturated heterocycles. The molecule has 0 unspecified atom stereocenters.